The molecule has 164 valence electrons. The Balaban J connectivity index is 1.24. The number of aliphatic imine (C=N–C) groups is 1. The van der Waals surface area contributed by atoms with Crippen LogP contribution in [0.4, 0.5) is 0 Å². The molecule has 2 N–H and O–H groups in total. The lowest BCUT2D eigenvalue weighted by molar-refractivity contribution is 0.0968. The normalized spacial score (nSPS) is 20.1. The number of rotatable bonds is 6. The zero-order valence-corrected chi connectivity index (χ0v) is 18.6. The van der Waals surface area contributed by atoms with E-state index in [0.717, 1.165) is 50.0 Å². The smallest absolute Gasteiger partial charge is 0.255 e. The monoisotopic (exact) mass is 426 g/mol. The van der Waals surface area contributed by atoms with Crippen LogP contribution in [0.15, 0.2) is 71.4 Å². The zero-order chi connectivity index (χ0) is 21.9. The molecule has 32 heavy (non-hydrogen) atoms. The van der Waals surface area contributed by atoms with E-state index in [1.807, 2.05) is 18.2 Å². The minimum absolute atomic E-state index is 0.0792. The third-order valence-corrected chi connectivity index (χ3v) is 6.51. The minimum Gasteiger partial charge on any atom is -0.340 e. The van der Waals surface area contributed by atoms with Gasteiger partial charge in [0, 0.05) is 35.6 Å². The molecule has 0 saturated carbocycles. The summed E-state index contributed by atoms with van der Waals surface area (Å²) in [5.74, 6) is -0.0792. The number of fused-ring (bicyclic) bond motifs is 3. The van der Waals surface area contributed by atoms with E-state index in [2.05, 4.69) is 69.6 Å². The molecular formula is C27H30N4O. The molecule has 0 fully saturated rings. The van der Waals surface area contributed by atoms with Crippen molar-refractivity contribution in [3.8, 4) is 0 Å². The topological polar surface area (TPSA) is 58.4 Å². The van der Waals surface area contributed by atoms with Gasteiger partial charge in [-0.25, -0.2) is 0 Å². The molecule has 3 aromatic rings. The van der Waals surface area contributed by atoms with Gasteiger partial charge in [0.05, 0.1) is 11.7 Å². The molecule has 0 bridgehead atoms. The summed E-state index contributed by atoms with van der Waals surface area (Å²) >= 11 is 0. The third-order valence-electron chi connectivity index (χ3n) is 6.51. The molecule has 2 aliphatic rings. The van der Waals surface area contributed by atoms with Crippen LogP contribution in [-0.4, -0.2) is 29.3 Å². The maximum Gasteiger partial charge on any atom is 0.255 e. The highest BCUT2D eigenvalue weighted by molar-refractivity contribution is 6.01. The Labute approximate surface area is 189 Å². The summed E-state index contributed by atoms with van der Waals surface area (Å²) in [5, 5.41) is 7.72. The Kier molecular flexibility index (Phi) is 5.91. The Morgan fingerprint density at radius 3 is 2.94 bits per heavy atom. The number of nitrogens with one attached hydrogen (secondary N) is 2. The van der Waals surface area contributed by atoms with Crippen LogP contribution in [0, 0.1) is 0 Å². The van der Waals surface area contributed by atoms with Crippen LogP contribution in [0.3, 0.4) is 0 Å². The highest BCUT2D eigenvalue weighted by atomic mass is 16.1. The number of allylic oxidation sites excluding steroid dienone is 1. The van der Waals surface area contributed by atoms with Crippen molar-refractivity contribution < 1.29 is 4.79 Å². The fraction of sp³-hybridized carbons (Fsp3) is 0.333. The summed E-state index contributed by atoms with van der Waals surface area (Å²) in [6.07, 6.45) is 8.06. The summed E-state index contributed by atoms with van der Waals surface area (Å²) < 4.78 is 2.38. The first-order valence-corrected chi connectivity index (χ1v) is 11.6. The van der Waals surface area contributed by atoms with Gasteiger partial charge >= 0.3 is 0 Å². The lowest BCUT2D eigenvalue weighted by atomic mass is 10.1. The second-order valence-corrected chi connectivity index (χ2v) is 8.89. The van der Waals surface area contributed by atoms with Gasteiger partial charge in [0.2, 0.25) is 0 Å². The molecule has 2 aliphatic heterocycles. The molecule has 2 atom stereocenters. The third kappa shape index (κ3) is 4.39. The van der Waals surface area contributed by atoms with Crippen LogP contribution in [0.25, 0.3) is 10.9 Å². The summed E-state index contributed by atoms with van der Waals surface area (Å²) in [7, 11) is 0. The summed E-state index contributed by atoms with van der Waals surface area (Å²) in [6.45, 7) is 4.14. The molecule has 5 rings (SSSR count). The Morgan fingerprint density at radius 1 is 1.19 bits per heavy atom. The lowest BCUT2D eigenvalue weighted by Crippen LogP contribution is -2.23. The van der Waals surface area contributed by atoms with Crippen molar-refractivity contribution in [2.75, 3.05) is 6.54 Å². The van der Waals surface area contributed by atoms with Gasteiger partial charge in [-0.05, 0) is 74.4 Å². The van der Waals surface area contributed by atoms with Gasteiger partial charge in [0.15, 0.2) is 0 Å². The zero-order valence-electron chi connectivity index (χ0n) is 18.6. The number of nitrogens with zero attached hydrogens (tertiary/aromatic N) is 2. The Bertz CT molecular complexity index is 1180. The number of aryl methyl sites for hydroxylation is 1. The number of amides is 1. The lowest BCUT2D eigenvalue weighted by Gasteiger charge is -2.15. The number of aromatic nitrogens is 1. The molecule has 2 unspecified atom stereocenters. The van der Waals surface area contributed by atoms with E-state index in [-0.39, 0.29) is 11.9 Å². The van der Waals surface area contributed by atoms with E-state index in [0.29, 0.717) is 11.6 Å². The Morgan fingerprint density at radius 2 is 2.06 bits per heavy atom. The quantitative estimate of drug-likeness (QED) is 0.596. The van der Waals surface area contributed by atoms with Crippen molar-refractivity contribution in [2.45, 2.75) is 51.2 Å². The first kappa shape index (κ1) is 20.7. The molecule has 0 spiro atoms. The van der Waals surface area contributed by atoms with Crippen molar-refractivity contribution in [1.29, 1.82) is 0 Å². The first-order valence-electron chi connectivity index (χ1n) is 11.6. The second-order valence-electron chi connectivity index (χ2n) is 8.89. The van der Waals surface area contributed by atoms with E-state index in [1.165, 1.54) is 16.6 Å². The van der Waals surface area contributed by atoms with Crippen LogP contribution in [0.2, 0.25) is 0 Å². The molecular weight excluding hydrogens is 396 g/mol. The van der Waals surface area contributed by atoms with Gasteiger partial charge < -0.3 is 15.2 Å². The number of hydrogen-bond acceptors (Lipinski definition) is 3. The van der Waals surface area contributed by atoms with E-state index in [1.54, 1.807) is 6.21 Å². The number of carbonyl (C=O) groups is 1. The number of hydrogen-bond donors (Lipinski definition) is 2. The average molecular weight is 427 g/mol. The first-order chi connectivity index (χ1) is 15.7. The van der Waals surface area contributed by atoms with E-state index < -0.39 is 0 Å². The summed E-state index contributed by atoms with van der Waals surface area (Å²) in [6, 6.07) is 19.3. The molecule has 3 heterocycles. The van der Waals surface area contributed by atoms with Crippen LogP contribution in [0.5, 0.6) is 0 Å². The maximum atomic E-state index is 13.0. The fourth-order valence-corrected chi connectivity index (χ4v) is 4.80. The van der Waals surface area contributed by atoms with Crippen LogP contribution in [-0.2, 0) is 13.0 Å². The van der Waals surface area contributed by atoms with Crippen LogP contribution < -0.4 is 10.6 Å². The standard InChI is InChI=1S/C27H30N4O/c1-19-12-13-28-18-25-14-21-10-11-22(15-26(21)31(19)25)27(32)30-24-16-23(29-17-24)9-5-8-20-6-3-2-4-7-20/h2-4,6-7,10-11,14-17,19,23,28H,5,8-9,12-13,18H2,1H3,(H,30,32). The van der Waals surface area contributed by atoms with Crippen molar-refractivity contribution in [3.63, 3.8) is 0 Å². The van der Waals surface area contributed by atoms with Gasteiger partial charge in [-0.1, -0.05) is 36.4 Å². The number of benzene rings is 2. The summed E-state index contributed by atoms with van der Waals surface area (Å²) in [4.78, 5) is 17.5. The van der Waals surface area contributed by atoms with E-state index in [4.69, 9.17) is 0 Å². The van der Waals surface area contributed by atoms with Gasteiger partial charge in [0.1, 0.15) is 0 Å². The predicted molar refractivity (Wildman–Crippen MR) is 130 cm³/mol. The molecule has 1 amide bonds. The van der Waals surface area contributed by atoms with E-state index in [9.17, 15) is 4.79 Å². The van der Waals surface area contributed by atoms with E-state index >= 15 is 0 Å². The molecule has 1 aromatic heterocycles. The molecule has 2 aromatic carbocycles. The number of carbonyl (C=O) groups excluding carboxylic acids is 1. The highest BCUT2D eigenvalue weighted by Crippen LogP contribution is 2.28. The predicted octanol–water partition coefficient (Wildman–Crippen LogP) is 4.79. The van der Waals surface area contributed by atoms with Gasteiger partial charge in [0.25, 0.3) is 5.91 Å². The largest absolute Gasteiger partial charge is 0.340 e. The fourth-order valence-electron chi connectivity index (χ4n) is 4.80. The van der Waals surface area contributed by atoms with Gasteiger partial charge in [-0.2, -0.15) is 0 Å². The summed E-state index contributed by atoms with van der Waals surface area (Å²) in [5.41, 5.74) is 5.26. The molecule has 5 nitrogen and oxygen atoms in total. The maximum absolute atomic E-state index is 13.0. The van der Waals surface area contributed by atoms with Gasteiger partial charge in [-0.15, -0.1) is 0 Å². The Hall–Kier alpha value is -3.18. The molecule has 0 radical (unpaired) electrons. The second kappa shape index (κ2) is 9.13. The highest BCUT2D eigenvalue weighted by Gasteiger charge is 2.19. The SMILES string of the molecule is CC1CCNCc2cc3ccc(C(=O)NC4=CC(CCCc5ccccc5)N=C4)cc3n21. The van der Waals surface area contributed by atoms with Crippen LogP contribution >= 0.6 is 0 Å². The van der Waals surface area contributed by atoms with Gasteiger partial charge in [-0.3, -0.25) is 9.79 Å². The van der Waals surface area contributed by atoms with Crippen molar-refractivity contribution in [2.24, 2.45) is 4.99 Å². The van der Waals surface area contributed by atoms with Crippen LogP contribution in [0.1, 0.15) is 53.8 Å². The molecule has 0 saturated heterocycles. The van der Waals surface area contributed by atoms with Crippen molar-refractivity contribution in [3.05, 3.63) is 83.2 Å². The minimum atomic E-state index is -0.0792. The van der Waals surface area contributed by atoms with Crippen molar-refractivity contribution in [1.82, 2.24) is 15.2 Å². The molecule has 0 aliphatic carbocycles. The average Bonchev–Trinajstić information content (AvgIpc) is 3.35. The molecule has 5 heteroatoms. The van der Waals surface area contributed by atoms with Crippen molar-refractivity contribution >= 4 is 23.0 Å².